The SMILES string of the molecule is CC(=O)[N]([Ti+2][N](C(C)=O)c1ccccc1)c1ccccc1.[Cl-].[Cl-]. The number of hydrogen-bond donors (Lipinski definition) is 0. The van der Waals surface area contributed by atoms with E-state index >= 15 is 0 Å². The van der Waals surface area contributed by atoms with Gasteiger partial charge in [-0.15, -0.1) is 0 Å². The van der Waals surface area contributed by atoms with E-state index in [0.717, 1.165) is 11.4 Å². The van der Waals surface area contributed by atoms with Crippen LogP contribution >= 0.6 is 0 Å². The van der Waals surface area contributed by atoms with Crippen molar-refractivity contribution >= 4 is 23.2 Å². The Hall–Kier alpha value is -1.33. The van der Waals surface area contributed by atoms with Crippen LogP contribution in [0, 0.1) is 0 Å². The van der Waals surface area contributed by atoms with Gasteiger partial charge in [0, 0.05) is 0 Å². The first-order valence-electron chi connectivity index (χ1n) is 6.57. The van der Waals surface area contributed by atoms with E-state index < -0.39 is 19.7 Å². The minimum Gasteiger partial charge on any atom is -1.00 e. The first kappa shape index (κ1) is 21.7. The van der Waals surface area contributed by atoms with Crippen molar-refractivity contribution in [2.75, 3.05) is 6.76 Å². The van der Waals surface area contributed by atoms with E-state index in [9.17, 15) is 9.59 Å². The summed E-state index contributed by atoms with van der Waals surface area (Å²) in [5.41, 5.74) is 1.65. The standard InChI is InChI=1S/2C8H9NO.2ClH.Ti/c2*1-7(10)9-8-5-3-2-4-6-8;;;/h2*2-6H,1H3,(H,9,10);2*1H;/q;;;;+4/p-4. The molecule has 0 radical (unpaired) electrons. The van der Waals surface area contributed by atoms with E-state index in [1.165, 1.54) is 13.8 Å². The molecule has 0 aliphatic heterocycles. The second-order valence-corrected chi connectivity index (χ2v) is 6.19. The molecule has 0 spiro atoms. The van der Waals surface area contributed by atoms with Crippen LogP contribution in [-0.4, -0.2) is 11.8 Å². The molecule has 0 aliphatic carbocycles. The molecule has 0 aliphatic rings. The average Bonchev–Trinajstić information content (AvgIpc) is 2.49. The van der Waals surface area contributed by atoms with Crippen LogP contribution in [0.25, 0.3) is 0 Å². The monoisotopic (exact) mass is 386 g/mol. The number of benzene rings is 2. The Labute approximate surface area is 158 Å². The van der Waals surface area contributed by atoms with Crippen LogP contribution in [0.3, 0.4) is 0 Å². The molecule has 0 saturated carbocycles. The van der Waals surface area contributed by atoms with E-state index in [0.29, 0.717) is 0 Å². The van der Waals surface area contributed by atoms with Gasteiger partial charge >= 0.3 is 134 Å². The Kier molecular flexibility index (Phi) is 9.85. The van der Waals surface area contributed by atoms with Crippen molar-refractivity contribution in [3.8, 4) is 0 Å². The first-order valence-corrected chi connectivity index (χ1v) is 7.97. The zero-order valence-corrected chi connectivity index (χ0v) is 15.8. The minimum absolute atomic E-state index is 0. The second-order valence-electron chi connectivity index (χ2n) is 4.48. The zero-order chi connectivity index (χ0) is 15.2. The molecular formula is C16H16Cl2N2O2Ti. The topological polar surface area (TPSA) is 40.6 Å². The number of amides is 2. The summed E-state index contributed by atoms with van der Waals surface area (Å²) in [6.07, 6.45) is 0. The van der Waals surface area contributed by atoms with Gasteiger partial charge in [-0.05, 0) is 0 Å². The summed E-state index contributed by atoms with van der Waals surface area (Å²) in [6, 6.07) is 18.9. The average molecular weight is 387 g/mol. The van der Waals surface area contributed by atoms with E-state index in [-0.39, 0.29) is 36.6 Å². The Balaban J connectivity index is 0.00000242. The summed E-state index contributed by atoms with van der Waals surface area (Å²) in [4.78, 5) is 23.9. The molecule has 2 aromatic rings. The smallest absolute Gasteiger partial charge is 1.00 e. The third-order valence-electron chi connectivity index (χ3n) is 2.86. The van der Waals surface area contributed by atoms with E-state index in [1.807, 2.05) is 60.7 Å². The zero-order valence-electron chi connectivity index (χ0n) is 12.7. The van der Waals surface area contributed by atoms with E-state index in [4.69, 9.17) is 0 Å². The second kappa shape index (κ2) is 10.4. The van der Waals surface area contributed by atoms with Gasteiger partial charge in [0.1, 0.15) is 0 Å². The number of para-hydroxylation sites is 2. The number of carbonyl (C=O) groups excluding carboxylic acids is 2. The number of carbonyl (C=O) groups is 2. The van der Waals surface area contributed by atoms with E-state index in [1.54, 1.807) is 6.76 Å². The molecule has 0 unspecified atom stereocenters. The molecule has 120 valence electrons. The fourth-order valence-electron chi connectivity index (χ4n) is 1.87. The van der Waals surface area contributed by atoms with Crippen molar-refractivity contribution in [3.05, 3.63) is 60.7 Å². The van der Waals surface area contributed by atoms with Crippen molar-refractivity contribution in [1.82, 2.24) is 0 Å². The number of anilines is 2. The molecule has 2 rings (SSSR count). The quantitative estimate of drug-likeness (QED) is 0.526. The maximum atomic E-state index is 12.0. The normalized spacial score (nSPS) is 8.78. The van der Waals surface area contributed by atoms with E-state index in [2.05, 4.69) is 0 Å². The van der Waals surface area contributed by atoms with Crippen molar-refractivity contribution in [2.24, 2.45) is 0 Å². The first-order chi connectivity index (χ1) is 10.1. The maximum Gasteiger partial charge on any atom is -1.00 e. The Morgan fingerprint density at radius 3 is 1.26 bits per heavy atom. The minimum atomic E-state index is -1.14. The third-order valence-corrected chi connectivity index (χ3v) is 5.27. The fourth-order valence-corrected chi connectivity index (χ4v) is 3.45. The molecule has 0 heterocycles. The van der Waals surface area contributed by atoms with Crippen LogP contribution in [0.1, 0.15) is 13.8 Å². The molecule has 23 heavy (non-hydrogen) atoms. The van der Waals surface area contributed by atoms with Crippen molar-refractivity contribution < 1.29 is 54.1 Å². The van der Waals surface area contributed by atoms with Crippen LogP contribution in [0.5, 0.6) is 0 Å². The molecule has 7 heteroatoms. The van der Waals surface area contributed by atoms with Crippen molar-refractivity contribution in [3.63, 3.8) is 0 Å². The largest absolute Gasteiger partial charge is 1.00 e. The maximum absolute atomic E-state index is 12.0. The molecule has 2 amide bonds. The van der Waals surface area contributed by atoms with Crippen LogP contribution in [0.4, 0.5) is 11.4 Å². The predicted molar refractivity (Wildman–Crippen MR) is 79.2 cm³/mol. The number of hydrogen-bond acceptors (Lipinski definition) is 2. The summed E-state index contributed by atoms with van der Waals surface area (Å²) in [5.74, 6) is -0.105. The summed E-state index contributed by atoms with van der Waals surface area (Å²) in [5, 5.41) is 0. The molecule has 0 atom stereocenters. The van der Waals surface area contributed by atoms with Gasteiger partial charge in [-0.3, -0.25) is 0 Å². The van der Waals surface area contributed by atoms with Crippen LogP contribution < -0.4 is 31.6 Å². The van der Waals surface area contributed by atoms with Crippen molar-refractivity contribution in [1.29, 1.82) is 0 Å². The fraction of sp³-hybridized carbons (Fsp3) is 0.125. The van der Waals surface area contributed by atoms with Gasteiger partial charge in [0.25, 0.3) is 0 Å². The van der Waals surface area contributed by atoms with Gasteiger partial charge in [0.05, 0.1) is 0 Å². The molecule has 4 nitrogen and oxygen atoms in total. The van der Waals surface area contributed by atoms with Crippen LogP contribution in [0.2, 0.25) is 0 Å². The van der Waals surface area contributed by atoms with Crippen LogP contribution in [0.15, 0.2) is 60.7 Å². The molecule has 0 fully saturated rings. The Morgan fingerprint density at radius 2 is 1.00 bits per heavy atom. The van der Waals surface area contributed by atoms with Gasteiger partial charge < -0.3 is 24.8 Å². The molecule has 0 saturated heterocycles. The Bertz CT molecular complexity index is 571. The van der Waals surface area contributed by atoms with Crippen molar-refractivity contribution in [2.45, 2.75) is 13.8 Å². The Morgan fingerprint density at radius 1 is 0.696 bits per heavy atom. The number of nitrogens with zero attached hydrogens (tertiary/aromatic N) is 2. The number of halogens is 2. The molecule has 0 N–H and O–H groups in total. The molecular weight excluding hydrogens is 371 g/mol. The van der Waals surface area contributed by atoms with Gasteiger partial charge in [0.2, 0.25) is 0 Å². The third kappa shape index (κ3) is 6.00. The summed E-state index contributed by atoms with van der Waals surface area (Å²) < 4.78 is 3.41. The summed E-state index contributed by atoms with van der Waals surface area (Å²) in [6.45, 7) is 3.06. The summed E-state index contributed by atoms with van der Waals surface area (Å²) >= 11 is -1.14. The molecule has 0 aromatic heterocycles. The van der Waals surface area contributed by atoms with Crippen LogP contribution in [-0.2, 0) is 29.3 Å². The van der Waals surface area contributed by atoms with Gasteiger partial charge in [-0.25, -0.2) is 0 Å². The van der Waals surface area contributed by atoms with Gasteiger partial charge in [-0.2, -0.15) is 0 Å². The van der Waals surface area contributed by atoms with Gasteiger partial charge in [-0.1, -0.05) is 0 Å². The van der Waals surface area contributed by atoms with Gasteiger partial charge in [0.15, 0.2) is 0 Å². The molecule has 0 bridgehead atoms. The number of rotatable bonds is 4. The summed E-state index contributed by atoms with van der Waals surface area (Å²) in [7, 11) is 0. The predicted octanol–water partition coefficient (Wildman–Crippen LogP) is -2.99. The molecule has 2 aromatic carbocycles.